The molecule has 1 atom stereocenters. The van der Waals surface area contributed by atoms with E-state index in [1.165, 1.54) is 18.2 Å². The molecule has 1 aromatic carbocycles. The zero-order chi connectivity index (χ0) is 14.5. The molecule has 1 aliphatic heterocycles. The standard InChI is InChI=1S/C15H16FNO3/c1-11-10-17(6-8-20-11)15(19)14-5-4-13(16)9-12(14)3-2-7-18/h4-5,9,11,18H,6-8,10H2,1H3. The van der Waals surface area contributed by atoms with Crippen molar-refractivity contribution < 1.29 is 19.0 Å². The van der Waals surface area contributed by atoms with Crippen LogP contribution in [0.3, 0.4) is 0 Å². The van der Waals surface area contributed by atoms with E-state index in [1.807, 2.05) is 6.92 Å². The summed E-state index contributed by atoms with van der Waals surface area (Å²) in [6, 6.07) is 3.88. The summed E-state index contributed by atoms with van der Waals surface area (Å²) in [4.78, 5) is 14.1. The number of carbonyl (C=O) groups excluding carboxylic acids is 1. The summed E-state index contributed by atoms with van der Waals surface area (Å²) < 4.78 is 18.7. The lowest BCUT2D eigenvalue weighted by molar-refractivity contribution is -0.0124. The van der Waals surface area contributed by atoms with Crippen molar-refractivity contribution in [3.8, 4) is 11.8 Å². The molecule has 1 heterocycles. The van der Waals surface area contributed by atoms with Gasteiger partial charge in [0, 0.05) is 18.7 Å². The smallest absolute Gasteiger partial charge is 0.255 e. The van der Waals surface area contributed by atoms with Gasteiger partial charge in [0.05, 0.1) is 18.3 Å². The Balaban J connectivity index is 2.29. The van der Waals surface area contributed by atoms with Gasteiger partial charge in [-0.2, -0.15) is 0 Å². The Morgan fingerprint density at radius 1 is 1.60 bits per heavy atom. The van der Waals surface area contributed by atoms with Gasteiger partial charge in [0.2, 0.25) is 0 Å². The molecule has 20 heavy (non-hydrogen) atoms. The van der Waals surface area contributed by atoms with E-state index < -0.39 is 5.82 Å². The Hall–Kier alpha value is -1.90. The van der Waals surface area contributed by atoms with Crippen molar-refractivity contribution in [3.63, 3.8) is 0 Å². The number of aliphatic hydroxyl groups is 1. The minimum atomic E-state index is -0.459. The fourth-order valence-electron chi connectivity index (χ4n) is 2.11. The van der Waals surface area contributed by atoms with Gasteiger partial charge < -0.3 is 14.7 Å². The first kappa shape index (κ1) is 14.5. The van der Waals surface area contributed by atoms with Crippen LogP contribution in [0.15, 0.2) is 18.2 Å². The highest BCUT2D eigenvalue weighted by Crippen LogP contribution is 2.15. The maximum atomic E-state index is 13.3. The lowest BCUT2D eigenvalue weighted by Gasteiger charge is -2.31. The number of benzene rings is 1. The van der Waals surface area contributed by atoms with Gasteiger partial charge in [-0.1, -0.05) is 11.8 Å². The summed E-state index contributed by atoms with van der Waals surface area (Å²) >= 11 is 0. The number of halogens is 1. The molecule has 1 amide bonds. The third kappa shape index (κ3) is 3.35. The van der Waals surface area contributed by atoms with Crippen molar-refractivity contribution in [1.82, 2.24) is 4.90 Å². The van der Waals surface area contributed by atoms with Gasteiger partial charge in [-0.05, 0) is 25.1 Å². The highest BCUT2D eigenvalue weighted by molar-refractivity contribution is 5.96. The number of ether oxygens (including phenoxy) is 1. The SMILES string of the molecule is CC1CN(C(=O)c2ccc(F)cc2C#CCO)CCO1. The van der Waals surface area contributed by atoms with Crippen molar-refractivity contribution in [2.45, 2.75) is 13.0 Å². The molecule has 0 spiro atoms. The van der Waals surface area contributed by atoms with Crippen LogP contribution in [0.4, 0.5) is 4.39 Å². The van der Waals surface area contributed by atoms with Gasteiger partial charge in [-0.15, -0.1) is 0 Å². The normalized spacial score (nSPS) is 18.4. The summed E-state index contributed by atoms with van der Waals surface area (Å²) in [5.74, 6) is 4.41. The van der Waals surface area contributed by atoms with Crippen molar-refractivity contribution in [1.29, 1.82) is 0 Å². The Labute approximate surface area is 117 Å². The van der Waals surface area contributed by atoms with Crippen LogP contribution in [0.25, 0.3) is 0 Å². The maximum Gasteiger partial charge on any atom is 0.255 e. The van der Waals surface area contributed by atoms with Gasteiger partial charge in [0.25, 0.3) is 5.91 Å². The van der Waals surface area contributed by atoms with Crippen molar-refractivity contribution >= 4 is 5.91 Å². The van der Waals surface area contributed by atoms with E-state index in [-0.39, 0.29) is 18.6 Å². The van der Waals surface area contributed by atoms with Crippen molar-refractivity contribution in [2.75, 3.05) is 26.3 Å². The van der Waals surface area contributed by atoms with E-state index in [1.54, 1.807) is 4.90 Å². The first-order valence-corrected chi connectivity index (χ1v) is 6.42. The number of hydrogen-bond donors (Lipinski definition) is 1. The van der Waals surface area contributed by atoms with Gasteiger partial charge in [0.1, 0.15) is 12.4 Å². The van der Waals surface area contributed by atoms with Crippen LogP contribution in [0.2, 0.25) is 0 Å². The molecular weight excluding hydrogens is 261 g/mol. The average Bonchev–Trinajstić information content (AvgIpc) is 2.44. The van der Waals surface area contributed by atoms with E-state index >= 15 is 0 Å². The molecule has 2 rings (SSSR count). The number of rotatable bonds is 1. The highest BCUT2D eigenvalue weighted by Gasteiger charge is 2.24. The summed E-state index contributed by atoms with van der Waals surface area (Å²) in [6.07, 6.45) is -0.0138. The van der Waals surface area contributed by atoms with E-state index in [2.05, 4.69) is 11.8 Å². The van der Waals surface area contributed by atoms with E-state index in [4.69, 9.17) is 9.84 Å². The predicted molar refractivity (Wildman–Crippen MR) is 71.7 cm³/mol. The molecule has 1 unspecified atom stereocenters. The third-order valence-corrected chi connectivity index (χ3v) is 3.04. The second-order valence-electron chi connectivity index (χ2n) is 4.58. The summed E-state index contributed by atoms with van der Waals surface area (Å²) in [5.41, 5.74) is 0.643. The monoisotopic (exact) mass is 277 g/mol. The van der Waals surface area contributed by atoms with Crippen LogP contribution in [0, 0.1) is 17.7 Å². The second-order valence-corrected chi connectivity index (χ2v) is 4.58. The predicted octanol–water partition coefficient (Wildman–Crippen LogP) is 1.03. The molecule has 0 aliphatic carbocycles. The lowest BCUT2D eigenvalue weighted by Crippen LogP contribution is -2.44. The fraction of sp³-hybridized carbons (Fsp3) is 0.400. The maximum absolute atomic E-state index is 13.3. The molecule has 0 radical (unpaired) electrons. The van der Waals surface area contributed by atoms with Crippen LogP contribution in [-0.2, 0) is 4.74 Å². The molecule has 4 nitrogen and oxygen atoms in total. The average molecular weight is 277 g/mol. The van der Waals surface area contributed by atoms with Crippen LogP contribution in [-0.4, -0.2) is 48.3 Å². The number of hydrogen-bond acceptors (Lipinski definition) is 3. The quantitative estimate of drug-likeness (QED) is 0.780. The van der Waals surface area contributed by atoms with Gasteiger partial charge in [0.15, 0.2) is 0 Å². The molecule has 1 aromatic rings. The number of nitrogens with zero attached hydrogens (tertiary/aromatic N) is 1. The molecule has 5 heteroatoms. The Morgan fingerprint density at radius 3 is 3.10 bits per heavy atom. The Morgan fingerprint density at radius 2 is 2.40 bits per heavy atom. The van der Waals surface area contributed by atoms with Crippen molar-refractivity contribution in [2.24, 2.45) is 0 Å². The van der Waals surface area contributed by atoms with E-state index in [0.29, 0.717) is 30.8 Å². The third-order valence-electron chi connectivity index (χ3n) is 3.04. The number of aliphatic hydroxyl groups excluding tert-OH is 1. The molecule has 0 saturated carbocycles. The zero-order valence-electron chi connectivity index (χ0n) is 11.2. The van der Waals surface area contributed by atoms with Gasteiger partial charge in [-0.25, -0.2) is 4.39 Å². The highest BCUT2D eigenvalue weighted by atomic mass is 19.1. The fourth-order valence-corrected chi connectivity index (χ4v) is 2.11. The molecule has 0 bridgehead atoms. The summed E-state index contributed by atoms with van der Waals surface area (Å²) in [5, 5.41) is 8.73. The summed E-state index contributed by atoms with van der Waals surface area (Å²) in [6.45, 7) is 3.07. The zero-order valence-corrected chi connectivity index (χ0v) is 11.2. The lowest BCUT2D eigenvalue weighted by atomic mass is 10.1. The molecule has 106 valence electrons. The minimum Gasteiger partial charge on any atom is -0.384 e. The van der Waals surface area contributed by atoms with Gasteiger partial charge in [-0.3, -0.25) is 4.79 Å². The summed E-state index contributed by atoms with van der Waals surface area (Å²) in [7, 11) is 0. The molecule has 0 aromatic heterocycles. The van der Waals surface area contributed by atoms with E-state index in [0.717, 1.165) is 0 Å². The first-order chi connectivity index (χ1) is 9.61. The number of amides is 1. The minimum absolute atomic E-state index is 0.0138. The Kier molecular flexibility index (Phi) is 4.72. The second kappa shape index (κ2) is 6.51. The number of carbonyl (C=O) groups is 1. The molecule has 1 aliphatic rings. The van der Waals surface area contributed by atoms with Crippen molar-refractivity contribution in [3.05, 3.63) is 35.1 Å². The molecule has 1 saturated heterocycles. The van der Waals surface area contributed by atoms with Crippen LogP contribution < -0.4 is 0 Å². The molecule has 1 fully saturated rings. The van der Waals surface area contributed by atoms with Crippen LogP contribution in [0.5, 0.6) is 0 Å². The first-order valence-electron chi connectivity index (χ1n) is 6.42. The molecular formula is C15H16FNO3. The Bertz CT molecular complexity index is 562. The van der Waals surface area contributed by atoms with Crippen LogP contribution in [0.1, 0.15) is 22.8 Å². The van der Waals surface area contributed by atoms with Gasteiger partial charge >= 0.3 is 0 Å². The molecule has 1 N–H and O–H groups in total. The largest absolute Gasteiger partial charge is 0.384 e. The number of morpholine rings is 1. The van der Waals surface area contributed by atoms with Crippen LogP contribution >= 0.6 is 0 Å². The topological polar surface area (TPSA) is 49.8 Å². The van der Waals surface area contributed by atoms with E-state index in [9.17, 15) is 9.18 Å².